The molecule has 1 fully saturated rings. The highest BCUT2D eigenvalue weighted by molar-refractivity contribution is 5.90. The first-order valence-electron chi connectivity index (χ1n) is 7.82. The van der Waals surface area contributed by atoms with E-state index in [1.165, 1.54) is 4.68 Å². The Balaban J connectivity index is 0.00000264. The van der Waals surface area contributed by atoms with E-state index in [1.54, 1.807) is 19.4 Å². The van der Waals surface area contributed by atoms with Gasteiger partial charge in [0.2, 0.25) is 11.8 Å². The number of carbonyl (C=O) groups excluding carboxylic acids is 2. The molecule has 0 radical (unpaired) electrons. The zero-order chi connectivity index (χ0) is 15.9. The number of rotatable bonds is 6. The largest absolute Gasteiger partial charge is 0.358 e. The third-order valence-corrected chi connectivity index (χ3v) is 4.20. The summed E-state index contributed by atoms with van der Waals surface area (Å²) in [6.45, 7) is 4.38. The van der Waals surface area contributed by atoms with E-state index in [0.717, 1.165) is 25.9 Å². The normalized spacial score (nSPS) is 16.3. The highest BCUT2D eigenvalue weighted by atomic mass is 35.5. The SMILES string of the molecule is CNC(=O)Cn1cc(NC(=O)CC(C)C2CCNCC2)cn1.Cl. The van der Waals surface area contributed by atoms with Crippen LogP contribution in [-0.4, -0.2) is 41.7 Å². The van der Waals surface area contributed by atoms with Crippen molar-refractivity contribution in [1.82, 2.24) is 20.4 Å². The van der Waals surface area contributed by atoms with Crippen LogP contribution >= 0.6 is 12.4 Å². The molecule has 1 saturated heterocycles. The van der Waals surface area contributed by atoms with Gasteiger partial charge < -0.3 is 16.0 Å². The Kier molecular flexibility index (Phi) is 8.05. The van der Waals surface area contributed by atoms with Crippen molar-refractivity contribution < 1.29 is 9.59 Å². The van der Waals surface area contributed by atoms with Crippen LogP contribution in [0.2, 0.25) is 0 Å². The van der Waals surface area contributed by atoms with Crippen molar-refractivity contribution in [2.75, 3.05) is 25.5 Å². The third kappa shape index (κ3) is 6.19. The number of likely N-dealkylation sites (N-methyl/N-ethyl adjacent to an activating group) is 1. The molecule has 7 nitrogen and oxygen atoms in total. The van der Waals surface area contributed by atoms with Crippen LogP contribution in [0.1, 0.15) is 26.2 Å². The lowest BCUT2D eigenvalue weighted by atomic mass is 9.84. The molecule has 0 aliphatic carbocycles. The molecular weight excluding hydrogens is 318 g/mol. The summed E-state index contributed by atoms with van der Waals surface area (Å²) in [6, 6.07) is 0. The molecule has 0 aromatic carbocycles. The van der Waals surface area contributed by atoms with Gasteiger partial charge in [-0.2, -0.15) is 5.10 Å². The number of nitrogens with one attached hydrogen (secondary N) is 3. The number of halogens is 1. The van der Waals surface area contributed by atoms with Crippen molar-refractivity contribution in [2.45, 2.75) is 32.7 Å². The van der Waals surface area contributed by atoms with Crippen LogP contribution in [0, 0.1) is 11.8 Å². The maximum atomic E-state index is 12.1. The third-order valence-electron chi connectivity index (χ3n) is 4.20. The van der Waals surface area contributed by atoms with E-state index in [9.17, 15) is 9.59 Å². The van der Waals surface area contributed by atoms with Gasteiger partial charge in [-0.15, -0.1) is 12.4 Å². The van der Waals surface area contributed by atoms with Gasteiger partial charge in [-0.25, -0.2) is 0 Å². The minimum atomic E-state index is -0.125. The molecule has 0 spiro atoms. The molecule has 8 heteroatoms. The molecule has 1 unspecified atom stereocenters. The van der Waals surface area contributed by atoms with Gasteiger partial charge in [-0.05, 0) is 37.8 Å². The fourth-order valence-corrected chi connectivity index (χ4v) is 2.83. The van der Waals surface area contributed by atoms with E-state index in [4.69, 9.17) is 0 Å². The van der Waals surface area contributed by atoms with E-state index in [2.05, 4.69) is 28.0 Å². The van der Waals surface area contributed by atoms with Crippen LogP contribution in [0.15, 0.2) is 12.4 Å². The van der Waals surface area contributed by atoms with Crippen LogP contribution in [0.3, 0.4) is 0 Å². The molecule has 130 valence electrons. The Hall–Kier alpha value is -1.60. The van der Waals surface area contributed by atoms with E-state index in [1.807, 2.05) is 0 Å². The van der Waals surface area contributed by atoms with Gasteiger partial charge in [0.05, 0.1) is 11.9 Å². The number of piperidine rings is 1. The van der Waals surface area contributed by atoms with Gasteiger partial charge in [0.1, 0.15) is 6.54 Å². The lowest BCUT2D eigenvalue weighted by Crippen LogP contribution is -2.32. The molecule has 2 amide bonds. The zero-order valence-corrected chi connectivity index (χ0v) is 14.5. The quantitative estimate of drug-likeness (QED) is 0.719. The lowest BCUT2D eigenvalue weighted by Gasteiger charge is -2.27. The summed E-state index contributed by atoms with van der Waals surface area (Å²) >= 11 is 0. The molecule has 1 atom stereocenters. The number of anilines is 1. The van der Waals surface area contributed by atoms with Gasteiger partial charge in [0.15, 0.2) is 0 Å². The van der Waals surface area contributed by atoms with Crippen molar-refractivity contribution >= 4 is 29.9 Å². The van der Waals surface area contributed by atoms with Gasteiger partial charge in [0, 0.05) is 19.7 Å². The van der Waals surface area contributed by atoms with Crippen LogP contribution in [-0.2, 0) is 16.1 Å². The number of nitrogens with zero attached hydrogens (tertiary/aromatic N) is 2. The molecule has 1 aliphatic heterocycles. The average Bonchev–Trinajstić information content (AvgIpc) is 2.94. The van der Waals surface area contributed by atoms with Crippen LogP contribution in [0.4, 0.5) is 5.69 Å². The van der Waals surface area contributed by atoms with Crippen molar-refractivity contribution in [3.63, 3.8) is 0 Å². The highest BCUT2D eigenvalue weighted by Gasteiger charge is 2.22. The summed E-state index contributed by atoms with van der Waals surface area (Å²) in [5.74, 6) is 0.872. The average molecular weight is 344 g/mol. The predicted molar refractivity (Wildman–Crippen MR) is 91.5 cm³/mol. The number of amides is 2. The van der Waals surface area contributed by atoms with Crippen LogP contribution < -0.4 is 16.0 Å². The summed E-state index contributed by atoms with van der Waals surface area (Å²) in [5.41, 5.74) is 0.631. The number of hydrogen-bond acceptors (Lipinski definition) is 4. The van der Waals surface area contributed by atoms with Crippen molar-refractivity contribution in [3.05, 3.63) is 12.4 Å². The summed E-state index contributed by atoms with van der Waals surface area (Å²) in [6.07, 6.45) is 6.03. The number of hydrogen-bond donors (Lipinski definition) is 3. The Morgan fingerprint density at radius 3 is 2.74 bits per heavy atom. The molecule has 1 aliphatic rings. The Bertz CT molecular complexity index is 514. The Morgan fingerprint density at radius 2 is 2.09 bits per heavy atom. The number of aromatic nitrogens is 2. The molecule has 0 saturated carbocycles. The summed E-state index contributed by atoms with van der Waals surface area (Å²) in [7, 11) is 1.58. The second-order valence-corrected chi connectivity index (χ2v) is 5.92. The molecule has 1 aromatic rings. The molecule has 2 heterocycles. The zero-order valence-electron chi connectivity index (χ0n) is 13.7. The fourth-order valence-electron chi connectivity index (χ4n) is 2.83. The monoisotopic (exact) mass is 343 g/mol. The Labute approximate surface area is 143 Å². The standard InChI is InChI=1S/C15H25N5O2.ClH/c1-11(12-3-5-17-6-4-12)7-14(21)19-13-8-18-20(9-13)10-15(22)16-2;/h8-9,11-12,17H,3-7,10H2,1-2H3,(H,16,22)(H,19,21);1H. The molecule has 1 aromatic heterocycles. The second-order valence-electron chi connectivity index (χ2n) is 5.92. The maximum absolute atomic E-state index is 12.1. The minimum absolute atomic E-state index is 0. The van der Waals surface area contributed by atoms with Crippen molar-refractivity contribution in [2.24, 2.45) is 11.8 Å². The van der Waals surface area contributed by atoms with E-state index in [0.29, 0.717) is 23.9 Å². The van der Waals surface area contributed by atoms with Gasteiger partial charge in [0.25, 0.3) is 0 Å². The Morgan fingerprint density at radius 1 is 1.39 bits per heavy atom. The lowest BCUT2D eigenvalue weighted by molar-refractivity contribution is -0.121. The summed E-state index contributed by atoms with van der Waals surface area (Å²) < 4.78 is 1.50. The van der Waals surface area contributed by atoms with E-state index >= 15 is 0 Å². The van der Waals surface area contributed by atoms with Crippen LogP contribution in [0.25, 0.3) is 0 Å². The molecule has 3 N–H and O–H groups in total. The first kappa shape index (κ1) is 19.4. The van der Waals surface area contributed by atoms with Crippen molar-refractivity contribution in [1.29, 1.82) is 0 Å². The predicted octanol–water partition coefficient (Wildman–Crippen LogP) is 1.02. The molecule has 23 heavy (non-hydrogen) atoms. The summed E-state index contributed by atoms with van der Waals surface area (Å²) in [5, 5.41) is 12.8. The molecule has 0 bridgehead atoms. The van der Waals surface area contributed by atoms with Gasteiger partial charge >= 0.3 is 0 Å². The van der Waals surface area contributed by atoms with Crippen LogP contribution in [0.5, 0.6) is 0 Å². The summed E-state index contributed by atoms with van der Waals surface area (Å²) in [4.78, 5) is 23.4. The highest BCUT2D eigenvalue weighted by Crippen LogP contribution is 2.24. The smallest absolute Gasteiger partial charge is 0.241 e. The van der Waals surface area contributed by atoms with Gasteiger partial charge in [-0.3, -0.25) is 14.3 Å². The van der Waals surface area contributed by atoms with E-state index < -0.39 is 0 Å². The fraction of sp³-hybridized carbons (Fsp3) is 0.667. The van der Waals surface area contributed by atoms with E-state index in [-0.39, 0.29) is 30.8 Å². The van der Waals surface area contributed by atoms with Crippen molar-refractivity contribution in [3.8, 4) is 0 Å². The maximum Gasteiger partial charge on any atom is 0.241 e. The second kappa shape index (κ2) is 9.52. The molecular formula is C15H26ClN5O2. The first-order chi connectivity index (χ1) is 10.6. The first-order valence-corrected chi connectivity index (χ1v) is 7.82. The minimum Gasteiger partial charge on any atom is -0.358 e. The topological polar surface area (TPSA) is 88.0 Å². The number of carbonyl (C=O) groups is 2. The molecule has 2 rings (SSSR count). The van der Waals surface area contributed by atoms with Gasteiger partial charge in [-0.1, -0.05) is 6.92 Å².